The van der Waals surface area contributed by atoms with E-state index in [9.17, 15) is 4.39 Å². The van der Waals surface area contributed by atoms with Crippen molar-refractivity contribution in [3.63, 3.8) is 0 Å². The molecular weight excluding hydrogens is 297 g/mol. The van der Waals surface area contributed by atoms with E-state index in [0.717, 1.165) is 16.9 Å². The van der Waals surface area contributed by atoms with Crippen LogP contribution in [0.4, 0.5) is 10.1 Å². The second-order valence-corrected chi connectivity index (χ2v) is 5.18. The lowest BCUT2D eigenvalue weighted by Gasteiger charge is -2.17. The molecule has 1 aromatic heterocycles. The first kappa shape index (κ1) is 13.1. The van der Waals surface area contributed by atoms with Crippen molar-refractivity contribution in [2.45, 2.75) is 19.9 Å². The average Bonchev–Trinajstić information content (AvgIpc) is 2.72. The van der Waals surface area contributed by atoms with Gasteiger partial charge >= 0.3 is 0 Å². The molecular formula is C13H15BrFN3. The van der Waals surface area contributed by atoms with E-state index >= 15 is 0 Å². The summed E-state index contributed by atoms with van der Waals surface area (Å²) >= 11 is 3.20. The first-order chi connectivity index (χ1) is 8.49. The maximum absolute atomic E-state index is 13.3. The van der Waals surface area contributed by atoms with Crippen LogP contribution in [0.15, 0.2) is 28.9 Å². The normalized spacial score (nSPS) is 12.5. The minimum atomic E-state index is -0.244. The molecule has 0 radical (unpaired) electrons. The Morgan fingerprint density at radius 3 is 2.78 bits per heavy atom. The average molecular weight is 312 g/mol. The van der Waals surface area contributed by atoms with Crippen LogP contribution in [0.3, 0.4) is 0 Å². The number of hydrogen-bond donors (Lipinski definition) is 1. The number of nitrogens with zero attached hydrogens (tertiary/aromatic N) is 2. The largest absolute Gasteiger partial charge is 0.377 e. The Hall–Kier alpha value is -1.36. The van der Waals surface area contributed by atoms with E-state index in [0.29, 0.717) is 4.47 Å². The molecule has 0 amide bonds. The minimum absolute atomic E-state index is 0.105. The lowest BCUT2D eigenvalue weighted by atomic mass is 10.1. The zero-order valence-electron chi connectivity index (χ0n) is 10.5. The first-order valence-electron chi connectivity index (χ1n) is 5.69. The van der Waals surface area contributed by atoms with Crippen molar-refractivity contribution in [3.05, 3.63) is 45.9 Å². The fraction of sp³-hybridized carbons (Fsp3) is 0.308. The Balaban J connectivity index is 2.24. The third-order valence-electron chi connectivity index (χ3n) is 2.94. The van der Waals surface area contributed by atoms with Gasteiger partial charge in [0.1, 0.15) is 5.82 Å². The Kier molecular flexibility index (Phi) is 3.71. The van der Waals surface area contributed by atoms with E-state index in [2.05, 4.69) is 26.3 Å². The molecule has 0 saturated carbocycles. The molecule has 1 aromatic carbocycles. The summed E-state index contributed by atoms with van der Waals surface area (Å²) in [7, 11) is 1.90. The van der Waals surface area contributed by atoms with E-state index < -0.39 is 0 Å². The highest BCUT2D eigenvalue weighted by atomic mass is 79.9. The van der Waals surface area contributed by atoms with Gasteiger partial charge in [-0.05, 0) is 53.5 Å². The van der Waals surface area contributed by atoms with Gasteiger partial charge in [0.05, 0.1) is 16.2 Å². The molecule has 0 spiro atoms. The predicted octanol–water partition coefficient (Wildman–Crippen LogP) is 3.80. The zero-order chi connectivity index (χ0) is 13.3. The van der Waals surface area contributed by atoms with E-state index in [4.69, 9.17) is 0 Å². The van der Waals surface area contributed by atoms with Gasteiger partial charge in [-0.1, -0.05) is 0 Å². The fourth-order valence-corrected chi connectivity index (χ4v) is 2.26. The van der Waals surface area contributed by atoms with Crippen molar-refractivity contribution in [1.29, 1.82) is 0 Å². The molecule has 2 aromatic rings. The predicted molar refractivity (Wildman–Crippen MR) is 74.1 cm³/mol. The van der Waals surface area contributed by atoms with Crippen LogP contribution >= 0.6 is 15.9 Å². The molecule has 0 bridgehead atoms. The van der Waals surface area contributed by atoms with E-state index in [1.165, 1.54) is 6.07 Å². The van der Waals surface area contributed by atoms with Crippen LogP contribution in [0.1, 0.15) is 24.2 Å². The summed E-state index contributed by atoms with van der Waals surface area (Å²) in [5.41, 5.74) is 2.87. The van der Waals surface area contributed by atoms with Crippen LogP contribution in [0.2, 0.25) is 0 Å². The second kappa shape index (κ2) is 5.10. The van der Waals surface area contributed by atoms with Crippen molar-refractivity contribution < 1.29 is 4.39 Å². The zero-order valence-corrected chi connectivity index (χ0v) is 12.1. The number of hydrogen-bond acceptors (Lipinski definition) is 2. The third kappa shape index (κ3) is 2.56. The molecule has 0 saturated heterocycles. The SMILES string of the molecule is Cc1cc(F)c(Br)cc1NC(C)c1ccnn1C. The van der Waals surface area contributed by atoms with Gasteiger partial charge in [0, 0.05) is 18.9 Å². The number of aryl methyl sites for hydroxylation is 2. The van der Waals surface area contributed by atoms with Crippen LogP contribution in [0.5, 0.6) is 0 Å². The summed E-state index contributed by atoms with van der Waals surface area (Å²) in [5, 5.41) is 7.50. The van der Waals surface area contributed by atoms with Gasteiger partial charge in [-0.2, -0.15) is 5.10 Å². The lowest BCUT2D eigenvalue weighted by Crippen LogP contribution is -2.12. The summed E-state index contributed by atoms with van der Waals surface area (Å²) in [4.78, 5) is 0. The van der Waals surface area contributed by atoms with Crippen molar-refractivity contribution in [2.24, 2.45) is 7.05 Å². The topological polar surface area (TPSA) is 29.9 Å². The van der Waals surface area contributed by atoms with Crippen LogP contribution in [0.25, 0.3) is 0 Å². The van der Waals surface area contributed by atoms with Gasteiger partial charge in [-0.25, -0.2) is 4.39 Å². The third-order valence-corrected chi connectivity index (χ3v) is 3.55. The summed E-state index contributed by atoms with van der Waals surface area (Å²) in [6.07, 6.45) is 1.76. The summed E-state index contributed by atoms with van der Waals surface area (Å²) in [5.74, 6) is -0.244. The minimum Gasteiger partial charge on any atom is -0.377 e. The highest BCUT2D eigenvalue weighted by Crippen LogP contribution is 2.27. The van der Waals surface area contributed by atoms with Gasteiger partial charge in [0.2, 0.25) is 0 Å². The molecule has 0 fully saturated rings. The summed E-state index contributed by atoms with van der Waals surface area (Å²) in [6, 6.07) is 5.35. The van der Waals surface area contributed by atoms with Crippen molar-refractivity contribution in [3.8, 4) is 0 Å². The highest BCUT2D eigenvalue weighted by Gasteiger charge is 2.12. The number of halogens is 2. The van der Waals surface area contributed by atoms with Gasteiger partial charge in [-0.15, -0.1) is 0 Å². The molecule has 3 nitrogen and oxygen atoms in total. The van der Waals surface area contributed by atoms with Crippen molar-refractivity contribution >= 4 is 21.6 Å². The highest BCUT2D eigenvalue weighted by molar-refractivity contribution is 9.10. The smallest absolute Gasteiger partial charge is 0.137 e. The van der Waals surface area contributed by atoms with Gasteiger partial charge < -0.3 is 5.32 Å². The number of benzene rings is 1. The quantitative estimate of drug-likeness (QED) is 0.934. The van der Waals surface area contributed by atoms with Gasteiger partial charge in [0.15, 0.2) is 0 Å². The molecule has 18 heavy (non-hydrogen) atoms. The second-order valence-electron chi connectivity index (χ2n) is 4.33. The Morgan fingerprint density at radius 1 is 1.44 bits per heavy atom. The molecule has 0 aliphatic rings. The molecule has 0 aliphatic heterocycles. The van der Waals surface area contributed by atoms with Gasteiger partial charge in [-0.3, -0.25) is 4.68 Å². The Morgan fingerprint density at radius 2 is 2.17 bits per heavy atom. The van der Waals surface area contributed by atoms with Crippen LogP contribution < -0.4 is 5.32 Å². The molecule has 1 N–H and O–H groups in total. The maximum atomic E-state index is 13.3. The molecule has 1 heterocycles. The number of rotatable bonds is 3. The Labute approximate surface area is 114 Å². The van der Waals surface area contributed by atoms with Crippen LogP contribution in [-0.4, -0.2) is 9.78 Å². The maximum Gasteiger partial charge on any atom is 0.137 e. The molecule has 5 heteroatoms. The molecule has 1 atom stereocenters. The van der Waals surface area contributed by atoms with Crippen LogP contribution in [0, 0.1) is 12.7 Å². The monoisotopic (exact) mass is 311 g/mol. The fourth-order valence-electron chi connectivity index (χ4n) is 1.92. The van der Waals surface area contributed by atoms with Crippen molar-refractivity contribution in [1.82, 2.24) is 9.78 Å². The van der Waals surface area contributed by atoms with Crippen molar-refractivity contribution in [2.75, 3.05) is 5.32 Å². The van der Waals surface area contributed by atoms with E-state index in [1.54, 1.807) is 12.3 Å². The molecule has 0 aliphatic carbocycles. The van der Waals surface area contributed by atoms with E-state index in [-0.39, 0.29) is 11.9 Å². The van der Waals surface area contributed by atoms with E-state index in [1.807, 2.05) is 31.6 Å². The molecule has 96 valence electrons. The molecule has 1 unspecified atom stereocenters. The lowest BCUT2D eigenvalue weighted by molar-refractivity contribution is 0.619. The summed E-state index contributed by atoms with van der Waals surface area (Å²) < 4.78 is 15.6. The molecule has 2 rings (SSSR count). The standard InChI is InChI=1S/C13H15BrFN3/c1-8-6-11(15)10(14)7-12(8)17-9(2)13-4-5-16-18(13)3/h4-7,9,17H,1-3H3. The number of nitrogens with one attached hydrogen (secondary N) is 1. The van der Waals surface area contributed by atoms with Crippen LogP contribution in [-0.2, 0) is 7.05 Å². The number of anilines is 1. The Bertz CT molecular complexity index is 565. The van der Waals surface area contributed by atoms with Gasteiger partial charge in [0.25, 0.3) is 0 Å². The first-order valence-corrected chi connectivity index (χ1v) is 6.48. The summed E-state index contributed by atoms with van der Waals surface area (Å²) in [6.45, 7) is 3.93. The number of aromatic nitrogens is 2.